The van der Waals surface area contributed by atoms with Gasteiger partial charge >= 0.3 is 5.69 Å². The fraction of sp³-hybridized carbons (Fsp3) is 0. The molecule has 0 spiro atoms. The van der Waals surface area contributed by atoms with E-state index in [2.05, 4.69) is 15.0 Å². The fourth-order valence-electron chi connectivity index (χ4n) is 2.05. The van der Waals surface area contributed by atoms with E-state index in [-0.39, 0.29) is 16.5 Å². The van der Waals surface area contributed by atoms with Gasteiger partial charge in [-0.05, 0) is 11.5 Å². The normalized spacial score (nSPS) is 10.7. The highest BCUT2D eigenvalue weighted by Crippen LogP contribution is 2.35. The summed E-state index contributed by atoms with van der Waals surface area (Å²) in [4.78, 5) is 22.3. The van der Waals surface area contributed by atoms with Crippen LogP contribution in [0, 0.1) is 10.1 Å². The van der Waals surface area contributed by atoms with Crippen LogP contribution in [-0.4, -0.2) is 19.9 Å². The van der Waals surface area contributed by atoms with E-state index in [0.29, 0.717) is 5.56 Å². The summed E-state index contributed by atoms with van der Waals surface area (Å²) >= 11 is 5.82. The summed E-state index contributed by atoms with van der Waals surface area (Å²) in [6.07, 6.45) is 4.53. The molecule has 0 fully saturated rings. The van der Waals surface area contributed by atoms with Gasteiger partial charge in [0.05, 0.1) is 4.92 Å². The topological polar surface area (TPSA) is 81.8 Å². The van der Waals surface area contributed by atoms with Gasteiger partial charge in [-0.2, -0.15) is 0 Å². The Morgan fingerprint density at radius 2 is 2.05 bits per heavy atom. The Morgan fingerprint density at radius 3 is 2.85 bits per heavy atom. The Kier molecular flexibility index (Phi) is 3.00. The summed E-state index contributed by atoms with van der Waals surface area (Å²) in [6, 6.07) is 7.21. The quantitative estimate of drug-likeness (QED) is 0.410. The van der Waals surface area contributed by atoms with Crippen molar-refractivity contribution in [1.29, 1.82) is 0 Å². The van der Waals surface area contributed by atoms with Crippen molar-refractivity contribution in [2.75, 3.05) is 0 Å². The Morgan fingerprint density at radius 1 is 1.20 bits per heavy atom. The summed E-state index contributed by atoms with van der Waals surface area (Å²) in [7, 11) is 0. The molecule has 98 valence electrons. The maximum absolute atomic E-state index is 11.2. The predicted molar refractivity (Wildman–Crippen MR) is 74.4 cm³/mol. The third-order valence-corrected chi connectivity index (χ3v) is 3.17. The molecule has 0 unspecified atom stereocenters. The zero-order valence-corrected chi connectivity index (χ0v) is 10.8. The summed E-state index contributed by atoms with van der Waals surface area (Å²) in [6.45, 7) is 0. The van der Waals surface area contributed by atoms with Gasteiger partial charge in [-0.3, -0.25) is 15.1 Å². The molecule has 0 bridgehead atoms. The van der Waals surface area contributed by atoms with Crippen LogP contribution in [0.2, 0.25) is 5.15 Å². The lowest BCUT2D eigenvalue weighted by Crippen LogP contribution is -1.98. The number of fused-ring (bicyclic) bond motifs is 1. The number of pyridine rings is 1. The Bertz CT molecular complexity index is 817. The van der Waals surface area contributed by atoms with E-state index >= 15 is 0 Å². The van der Waals surface area contributed by atoms with Crippen molar-refractivity contribution >= 4 is 28.1 Å². The standard InChI is InChI=1S/C13H7ClN4O2/c14-13-12(18(19)20)11(16-7-17-13)10-3-1-2-8-6-15-5-4-9(8)10/h1-7H. The van der Waals surface area contributed by atoms with Gasteiger partial charge < -0.3 is 0 Å². The molecule has 0 aliphatic carbocycles. The van der Waals surface area contributed by atoms with Crippen LogP contribution in [0.3, 0.4) is 0 Å². The highest BCUT2D eigenvalue weighted by Gasteiger charge is 2.23. The van der Waals surface area contributed by atoms with E-state index < -0.39 is 4.92 Å². The van der Waals surface area contributed by atoms with Crippen LogP contribution in [-0.2, 0) is 0 Å². The lowest BCUT2D eigenvalue weighted by molar-refractivity contribution is -0.384. The molecule has 0 amide bonds. The molecule has 0 saturated carbocycles. The molecular formula is C13H7ClN4O2. The van der Waals surface area contributed by atoms with E-state index in [1.54, 1.807) is 30.6 Å². The second-order valence-corrected chi connectivity index (χ2v) is 4.38. The van der Waals surface area contributed by atoms with Crippen LogP contribution < -0.4 is 0 Å². The van der Waals surface area contributed by atoms with Gasteiger partial charge in [-0.1, -0.05) is 29.8 Å². The Labute approximate surface area is 118 Å². The van der Waals surface area contributed by atoms with Crippen LogP contribution in [0.4, 0.5) is 5.69 Å². The molecule has 3 rings (SSSR count). The minimum Gasteiger partial charge on any atom is -0.264 e. The number of hydrogen-bond donors (Lipinski definition) is 0. The maximum atomic E-state index is 11.2. The second-order valence-electron chi connectivity index (χ2n) is 4.02. The first kappa shape index (κ1) is 12.4. The molecule has 0 atom stereocenters. The number of nitrogens with zero attached hydrogens (tertiary/aromatic N) is 4. The molecule has 2 aromatic heterocycles. The van der Waals surface area contributed by atoms with Crippen molar-refractivity contribution < 1.29 is 4.92 Å². The van der Waals surface area contributed by atoms with Gasteiger partial charge in [0.15, 0.2) is 5.69 Å². The highest BCUT2D eigenvalue weighted by atomic mass is 35.5. The molecule has 0 saturated heterocycles. The molecule has 7 heteroatoms. The van der Waals surface area contributed by atoms with Crippen molar-refractivity contribution in [3.63, 3.8) is 0 Å². The molecular weight excluding hydrogens is 280 g/mol. The van der Waals surface area contributed by atoms with Crippen molar-refractivity contribution in [3.8, 4) is 11.3 Å². The molecule has 0 N–H and O–H groups in total. The van der Waals surface area contributed by atoms with E-state index in [9.17, 15) is 10.1 Å². The first-order chi connectivity index (χ1) is 9.68. The van der Waals surface area contributed by atoms with E-state index in [0.717, 1.165) is 10.8 Å². The van der Waals surface area contributed by atoms with Gasteiger partial charge in [0.1, 0.15) is 6.33 Å². The van der Waals surface area contributed by atoms with Crippen LogP contribution in [0.5, 0.6) is 0 Å². The van der Waals surface area contributed by atoms with E-state index in [1.165, 1.54) is 6.33 Å². The molecule has 20 heavy (non-hydrogen) atoms. The molecule has 3 aromatic rings. The number of nitro groups is 1. The van der Waals surface area contributed by atoms with Crippen LogP contribution >= 0.6 is 11.6 Å². The molecule has 6 nitrogen and oxygen atoms in total. The van der Waals surface area contributed by atoms with Crippen LogP contribution in [0.15, 0.2) is 43.0 Å². The number of halogens is 1. The van der Waals surface area contributed by atoms with Gasteiger partial charge in [-0.25, -0.2) is 9.97 Å². The van der Waals surface area contributed by atoms with Gasteiger partial charge in [-0.15, -0.1) is 0 Å². The molecule has 0 aliphatic heterocycles. The number of benzene rings is 1. The summed E-state index contributed by atoms with van der Waals surface area (Å²) in [5.74, 6) is 0. The van der Waals surface area contributed by atoms with Gasteiger partial charge in [0.2, 0.25) is 5.15 Å². The van der Waals surface area contributed by atoms with Crippen molar-refractivity contribution in [2.45, 2.75) is 0 Å². The first-order valence-electron chi connectivity index (χ1n) is 5.66. The van der Waals surface area contributed by atoms with Crippen LogP contribution in [0.25, 0.3) is 22.0 Å². The van der Waals surface area contributed by atoms with Gasteiger partial charge in [0.25, 0.3) is 0 Å². The lowest BCUT2D eigenvalue weighted by Gasteiger charge is -2.06. The summed E-state index contributed by atoms with van der Waals surface area (Å²) < 4.78 is 0. The smallest absolute Gasteiger partial charge is 0.264 e. The summed E-state index contributed by atoms with van der Waals surface area (Å²) in [5, 5.41) is 12.7. The zero-order valence-electron chi connectivity index (χ0n) is 10.0. The monoisotopic (exact) mass is 286 g/mol. The van der Waals surface area contributed by atoms with Crippen molar-refractivity contribution in [2.24, 2.45) is 0 Å². The SMILES string of the molecule is O=[N+]([O-])c1c(Cl)ncnc1-c1cccc2cnccc12. The predicted octanol–water partition coefficient (Wildman–Crippen LogP) is 3.25. The average Bonchev–Trinajstić information content (AvgIpc) is 2.46. The summed E-state index contributed by atoms with van der Waals surface area (Å²) in [5.41, 5.74) is 0.533. The number of aromatic nitrogens is 3. The maximum Gasteiger partial charge on any atom is 0.332 e. The molecule has 1 aromatic carbocycles. The Balaban J connectivity index is 2.37. The van der Waals surface area contributed by atoms with Crippen molar-refractivity contribution in [1.82, 2.24) is 15.0 Å². The molecule has 0 aliphatic rings. The van der Waals surface area contributed by atoms with Gasteiger partial charge in [0, 0.05) is 23.3 Å². The van der Waals surface area contributed by atoms with Crippen molar-refractivity contribution in [3.05, 3.63) is 58.3 Å². The minimum atomic E-state index is -0.572. The van der Waals surface area contributed by atoms with Crippen LogP contribution in [0.1, 0.15) is 0 Å². The van der Waals surface area contributed by atoms with E-state index in [1.807, 2.05) is 6.07 Å². The zero-order chi connectivity index (χ0) is 14.1. The fourth-order valence-corrected chi connectivity index (χ4v) is 2.25. The third-order valence-electron chi connectivity index (χ3n) is 2.90. The highest BCUT2D eigenvalue weighted by molar-refractivity contribution is 6.32. The number of hydrogen-bond acceptors (Lipinski definition) is 5. The number of rotatable bonds is 2. The third kappa shape index (κ3) is 1.96. The van der Waals surface area contributed by atoms with E-state index in [4.69, 9.17) is 11.6 Å². The minimum absolute atomic E-state index is 0.175. The molecule has 2 heterocycles. The lowest BCUT2D eigenvalue weighted by atomic mass is 10.0. The second kappa shape index (κ2) is 4.82. The average molecular weight is 287 g/mol. The largest absolute Gasteiger partial charge is 0.332 e. The first-order valence-corrected chi connectivity index (χ1v) is 6.04. The Hall–Kier alpha value is -2.60. The molecule has 0 radical (unpaired) electrons.